The molecule has 0 saturated carbocycles. The van der Waals surface area contributed by atoms with E-state index in [2.05, 4.69) is 19.2 Å². The van der Waals surface area contributed by atoms with Gasteiger partial charge in [0, 0.05) is 12.6 Å². The average molecular weight is 439 g/mol. The van der Waals surface area contributed by atoms with Gasteiger partial charge in [-0.3, -0.25) is 9.59 Å². The van der Waals surface area contributed by atoms with E-state index < -0.39 is 5.92 Å². The summed E-state index contributed by atoms with van der Waals surface area (Å²) in [5.74, 6) is 0.174. The molecule has 6 nitrogen and oxygen atoms in total. The lowest BCUT2D eigenvalue weighted by molar-refractivity contribution is -0.897. The molecule has 172 valence electrons. The van der Waals surface area contributed by atoms with E-state index in [1.165, 1.54) is 17.7 Å². The maximum atomic E-state index is 13.5. The Hall–Kier alpha value is -2.86. The van der Waals surface area contributed by atoms with Crippen LogP contribution in [0.5, 0.6) is 5.75 Å². The Morgan fingerprint density at radius 3 is 2.47 bits per heavy atom. The lowest BCUT2D eigenvalue weighted by Gasteiger charge is -2.39. The van der Waals surface area contributed by atoms with Crippen LogP contribution in [-0.2, 0) is 4.79 Å². The highest BCUT2D eigenvalue weighted by molar-refractivity contribution is 6.01. The number of carbonyl (C=O) groups is 2. The molecule has 3 atom stereocenters. The highest BCUT2D eigenvalue weighted by atomic mass is 16.5. The van der Waals surface area contributed by atoms with Gasteiger partial charge in [0.05, 0.1) is 45.2 Å². The summed E-state index contributed by atoms with van der Waals surface area (Å²) >= 11 is 0. The SMILES string of the molecule is CCCC[NH+](CC)CCNC(=O)C1c2ccccc2C(=O)N(C)C1c1ccc(OC)cc1. The molecule has 3 rings (SSSR count). The van der Waals surface area contributed by atoms with E-state index in [4.69, 9.17) is 4.74 Å². The van der Waals surface area contributed by atoms with Crippen molar-refractivity contribution in [3.8, 4) is 5.75 Å². The van der Waals surface area contributed by atoms with Crippen molar-refractivity contribution in [3.63, 3.8) is 0 Å². The number of hydrogen-bond acceptors (Lipinski definition) is 3. The Morgan fingerprint density at radius 2 is 1.81 bits per heavy atom. The summed E-state index contributed by atoms with van der Waals surface area (Å²) in [6, 6.07) is 14.7. The number of nitrogens with one attached hydrogen (secondary N) is 2. The standard InChI is InChI=1S/C26H35N3O3/c1-5-7-17-29(6-2)18-16-27-25(30)23-21-10-8-9-11-22(21)26(31)28(3)24(23)19-12-14-20(32-4)15-13-19/h8-15,23-24H,5-7,16-18H2,1-4H3,(H,27,30)/p+1. The van der Waals surface area contributed by atoms with E-state index >= 15 is 0 Å². The van der Waals surface area contributed by atoms with Gasteiger partial charge < -0.3 is 19.9 Å². The third kappa shape index (κ3) is 5.13. The normalized spacial score (nSPS) is 18.8. The maximum Gasteiger partial charge on any atom is 0.254 e. The Kier molecular flexibility index (Phi) is 8.28. The number of amides is 2. The van der Waals surface area contributed by atoms with Crippen molar-refractivity contribution in [1.29, 1.82) is 0 Å². The highest BCUT2D eigenvalue weighted by Crippen LogP contribution is 2.42. The molecule has 0 aliphatic carbocycles. The second kappa shape index (κ2) is 11.1. The number of hydrogen-bond donors (Lipinski definition) is 2. The molecular weight excluding hydrogens is 402 g/mol. The van der Waals surface area contributed by atoms with E-state index in [1.807, 2.05) is 48.5 Å². The van der Waals surface area contributed by atoms with Gasteiger partial charge in [-0.25, -0.2) is 0 Å². The van der Waals surface area contributed by atoms with E-state index in [1.54, 1.807) is 19.1 Å². The van der Waals surface area contributed by atoms with Crippen LogP contribution in [0.15, 0.2) is 48.5 Å². The molecular formula is C26H36N3O3+. The zero-order valence-electron chi connectivity index (χ0n) is 19.7. The van der Waals surface area contributed by atoms with E-state index in [9.17, 15) is 9.59 Å². The molecule has 0 fully saturated rings. The van der Waals surface area contributed by atoms with Crippen LogP contribution in [0.4, 0.5) is 0 Å². The van der Waals surface area contributed by atoms with Gasteiger partial charge >= 0.3 is 0 Å². The van der Waals surface area contributed by atoms with Gasteiger partial charge in [0.15, 0.2) is 0 Å². The van der Waals surface area contributed by atoms with Crippen LogP contribution in [-0.4, -0.2) is 57.1 Å². The number of quaternary nitrogens is 1. The number of fused-ring (bicyclic) bond motifs is 1. The largest absolute Gasteiger partial charge is 0.497 e. The van der Waals surface area contributed by atoms with Crippen LogP contribution in [0.1, 0.15) is 60.1 Å². The summed E-state index contributed by atoms with van der Waals surface area (Å²) in [5, 5.41) is 3.17. The topological polar surface area (TPSA) is 63.1 Å². The van der Waals surface area contributed by atoms with E-state index in [0.29, 0.717) is 12.1 Å². The molecule has 32 heavy (non-hydrogen) atoms. The molecule has 2 N–H and O–H groups in total. The van der Waals surface area contributed by atoms with Gasteiger partial charge in [-0.2, -0.15) is 0 Å². The maximum absolute atomic E-state index is 13.5. The van der Waals surface area contributed by atoms with E-state index in [0.717, 1.165) is 36.5 Å². The number of unbranched alkanes of at least 4 members (excludes halogenated alkanes) is 1. The predicted octanol–water partition coefficient (Wildman–Crippen LogP) is 2.43. The molecule has 3 unspecified atom stereocenters. The number of methoxy groups -OCH3 is 1. The second-order valence-corrected chi connectivity index (χ2v) is 8.45. The van der Waals surface area contributed by atoms with Crippen LogP contribution in [0.25, 0.3) is 0 Å². The summed E-state index contributed by atoms with van der Waals surface area (Å²) in [4.78, 5) is 29.8. The Balaban J connectivity index is 1.86. The third-order valence-corrected chi connectivity index (χ3v) is 6.48. The van der Waals surface area contributed by atoms with Crippen molar-refractivity contribution in [2.24, 2.45) is 0 Å². The molecule has 0 radical (unpaired) electrons. The van der Waals surface area contributed by atoms with Crippen LogP contribution in [0.3, 0.4) is 0 Å². The fourth-order valence-electron chi connectivity index (χ4n) is 4.55. The Morgan fingerprint density at radius 1 is 1.09 bits per heavy atom. The first-order valence-corrected chi connectivity index (χ1v) is 11.6. The minimum atomic E-state index is -0.469. The number of likely N-dealkylation sites (N-methyl/N-ethyl adjacent to an activating group) is 2. The molecule has 1 heterocycles. The lowest BCUT2D eigenvalue weighted by Crippen LogP contribution is -3.12. The quantitative estimate of drug-likeness (QED) is 0.599. The molecule has 0 saturated heterocycles. The summed E-state index contributed by atoms with van der Waals surface area (Å²) < 4.78 is 5.29. The first-order valence-electron chi connectivity index (χ1n) is 11.6. The summed E-state index contributed by atoms with van der Waals surface area (Å²) in [6.07, 6.45) is 2.37. The average Bonchev–Trinajstić information content (AvgIpc) is 2.83. The smallest absolute Gasteiger partial charge is 0.254 e. The van der Waals surface area contributed by atoms with Crippen molar-refractivity contribution < 1.29 is 19.2 Å². The number of nitrogens with zero attached hydrogens (tertiary/aromatic N) is 1. The van der Waals surface area contributed by atoms with Crippen LogP contribution in [0, 0.1) is 0 Å². The van der Waals surface area contributed by atoms with Crippen LogP contribution >= 0.6 is 0 Å². The molecule has 0 aromatic heterocycles. The van der Waals surface area contributed by atoms with Crippen molar-refractivity contribution >= 4 is 11.8 Å². The Bertz CT molecular complexity index is 913. The molecule has 1 aliphatic heterocycles. The summed E-state index contributed by atoms with van der Waals surface area (Å²) in [6.45, 7) is 8.09. The molecule has 0 spiro atoms. The van der Waals surface area contributed by atoms with Gasteiger partial charge in [-0.05, 0) is 42.7 Å². The molecule has 2 amide bonds. The second-order valence-electron chi connectivity index (χ2n) is 8.45. The molecule has 6 heteroatoms. The monoisotopic (exact) mass is 438 g/mol. The van der Waals surface area contributed by atoms with Crippen molar-refractivity contribution in [2.45, 2.75) is 38.6 Å². The lowest BCUT2D eigenvalue weighted by atomic mass is 9.79. The number of ether oxygens (including phenoxy) is 1. The van der Waals surface area contributed by atoms with Crippen molar-refractivity contribution in [1.82, 2.24) is 10.2 Å². The minimum absolute atomic E-state index is 0.0384. The fraction of sp³-hybridized carbons (Fsp3) is 0.462. The number of carbonyl (C=O) groups excluding carboxylic acids is 2. The van der Waals surface area contributed by atoms with E-state index in [-0.39, 0.29) is 17.9 Å². The van der Waals surface area contributed by atoms with Crippen LogP contribution in [0.2, 0.25) is 0 Å². The van der Waals surface area contributed by atoms with Gasteiger partial charge in [0.1, 0.15) is 5.75 Å². The predicted molar refractivity (Wildman–Crippen MR) is 126 cm³/mol. The zero-order chi connectivity index (χ0) is 23.1. The molecule has 1 aliphatic rings. The summed E-state index contributed by atoms with van der Waals surface area (Å²) in [7, 11) is 3.40. The van der Waals surface area contributed by atoms with Gasteiger partial charge in [-0.1, -0.05) is 43.7 Å². The molecule has 0 bridgehead atoms. The fourth-order valence-corrected chi connectivity index (χ4v) is 4.55. The number of rotatable bonds is 10. The minimum Gasteiger partial charge on any atom is -0.497 e. The molecule has 2 aromatic rings. The van der Waals surface area contributed by atoms with Crippen molar-refractivity contribution in [3.05, 3.63) is 65.2 Å². The van der Waals surface area contributed by atoms with Gasteiger partial charge in [0.2, 0.25) is 5.91 Å². The number of benzene rings is 2. The van der Waals surface area contributed by atoms with Crippen molar-refractivity contribution in [2.75, 3.05) is 40.3 Å². The van der Waals surface area contributed by atoms with Gasteiger partial charge in [-0.15, -0.1) is 0 Å². The Labute approximate surface area is 191 Å². The zero-order valence-corrected chi connectivity index (χ0v) is 19.7. The first-order chi connectivity index (χ1) is 15.5. The first kappa shape index (κ1) is 23.8. The molecule has 2 aromatic carbocycles. The van der Waals surface area contributed by atoms with Crippen LogP contribution < -0.4 is 15.0 Å². The summed E-state index contributed by atoms with van der Waals surface area (Å²) in [5.41, 5.74) is 2.31. The highest BCUT2D eigenvalue weighted by Gasteiger charge is 2.42. The third-order valence-electron chi connectivity index (χ3n) is 6.48. The van der Waals surface area contributed by atoms with Gasteiger partial charge in [0.25, 0.3) is 5.91 Å².